The van der Waals surface area contributed by atoms with Gasteiger partial charge >= 0.3 is 0 Å². The number of rotatable bonds is 3. The smallest absolute Gasteiger partial charge is 0.201 e. The Hall–Kier alpha value is -1.59. The molecule has 1 fully saturated rings. The second-order valence-corrected chi connectivity index (χ2v) is 5.59. The van der Waals surface area contributed by atoms with E-state index in [9.17, 15) is 0 Å². The summed E-state index contributed by atoms with van der Waals surface area (Å²) in [6.07, 6.45) is 0. The van der Waals surface area contributed by atoms with E-state index in [0.29, 0.717) is 12.0 Å². The first-order valence-electron chi connectivity index (χ1n) is 7.19. The minimum Gasteiger partial charge on any atom is -0.379 e. The molecule has 0 saturated carbocycles. The zero-order valence-corrected chi connectivity index (χ0v) is 12.2. The van der Waals surface area contributed by atoms with Crippen LogP contribution in [0.5, 0.6) is 0 Å². The number of benzene rings is 1. The first-order valence-corrected chi connectivity index (χ1v) is 7.19. The Morgan fingerprint density at radius 1 is 1.35 bits per heavy atom. The van der Waals surface area contributed by atoms with Gasteiger partial charge < -0.3 is 15.0 Å². The molecule has 0 spiro atoms. The molecule has 1 aliphatic rings. The highest BCUT2D eigenvalue weighted by atomic mass is 16.5. The molecule has 1 atom stereocenters. The molecule has 3 rings (SSSR count). The van der Waals surface area contributed by atoms with Crippen molar-refractivity contribution in [1.82, 2.24) is 14.5 Å². The highest BCUT2D eigenvalue weighted by Gasteiger charge is 2.18. The number of ether oxygens (including phenoxy) is 1. The predicted molar refractivity (Wildman–Crippen MR) is 80.9 cm³/mol. The van der Waals surface area contributed by atoms with Crippen molar-refractivity contribution in [2.75, 3.05) is 38.6 Å². The standard InChI is InChI=1S/C15H22N4O/c1-11-3-4-13-14(9-11)19(15(16)17-13)12(2)10-18-5-7-20-8-6-18/h3-4,9,12H,5-8,10H2,1-2H3,(H2,16,17). The van der Waals surface area contributed by atoms with E-state index in [1.54, 1.807) is 0 Å². The molecule has 0 bridgehead atoms. The molecule has 0 amide bonds. The molecule has 5 heteroatoms. The van der Waals surface area contributed by atoms with Gasteiger partial charge in [0.1, 0.15) is 0 Å². The first kappa shape index (κ1) is 13.4. The van der Waals surface area contributed by atoms with Crippen LogP contribution in [0.25, 0.3) is 11.0 Å². The minimum absolute atomic E-state index is 0.305. The van der Waals surface area contributed by atoms with Gasteiger partial charge in [0.25, 0.3) is 0 Å². The lowest BCUT2D eigenvalue weighted by molar-refractivity contribution is 0.0329. The van der Waals surface area contributed by atoms with E-state index < -0.39 is 0 Å². The highest BCUT2D eigenvalue weighted by molar-refractivity contribution is 5.79. The number of fused-ring (bicyclic) bond motifs is 1. The molecule has 1 aromatic heterocycles. The van der Waals surface area contributed by atoms with E-state index in [0.717, 1.165) is 43.9 Å². The number of anilines is 1. The van der Waals surface area contributed by atoms with E-state index in [-0.39, 0.29) is 0 Å². The third kappa shape index (κ3) is 2.51. The van der Waals surface area contributed by atoms with Crippen LogP contribution in [0.4, 0.5) is 5.95 Å². The lowest BCUT2D eigenvalue weighted by atomic mass is 10.2. The number of nitrogens with two attached hydrogens (primary N) is 1. The number of nitrogens with zero attached hydrogens (tertiary/aromatic N) is 3. The van der Waals surface area contributed by atoms with Crippen molar-refractivity contribution < 1.29 is 4.74 Å². The number of imidazole rings is 1. The van der Waals surface area contributed by atoms with Gasteiger partial charge in [-0.05, 0) is 31.5 Å². The van der Waals surface area contributed by atoms with Crippen LogP contribution in [0.2, 0.25) is 0 Å². The van der Waals surface area contributed by atoms with Crippen LogP contribution in [0.3, 0.4) is 0 Å². The zero-order valence-electron chi connectivity index (χ0n) is 12.2. The fourth-order valence-corrected chi connectivity index (χ4v) is 2.92. The molecule has 1 aromatic carbocycles. The Bertz CT molecular complexity index is 601. The molecule has 0 aliphatic carbocycles. The summed E-state index contributed by atoms with van der Waals surface area (Å²) in [4.78, 5) is 6.89. The van der Waals surface area contributed by atoms with Gasteiger partial charge in [-0.25, -0.2) is 4.98 Å². The fraction of sp³-hybridized carbons (Fsp3) is 0.533. The monoisotopic (exact) mass is 274 g/mol. The van der Waals surface area contributed by atoms with Crippen molar-refractivity contribution in [2.45, 2.75) is 19.9 Å². The molecule has 2 aromatic rings. The highest BCUT2D eigenvalue weighted by Crippen LogP contribution is 2.24. The molecule has 1 unspecified atom stereocenters. The molecule has 5 nitrogen and oxygen atoms in total. The predicted octanol–water partition coefficient (Wildman–Crippen LogP) is 1.82. The van der Waals surface area contributed by atoms with E-state index >= 15 is 0 Å². The molecule has 2 N–H and O–H groups in total. The summed E-state index contributed by atoms with van der Waals surface area (Å²) in [5, 5.41) is 0. The number of nitrogen functional groups attached to an aromatic ring is 1. The van der Waals surface area contributed by atoms with E-state index in [4.69, 9.17) is 10.5 Å². The maximum Gasteiger partial charge on any atom is 0.201 e. The zero-order chi connectivity index (χ0) is 14.1. The van der Waals surface area contributed by atoms with E-state index in [1.165, 1.54) is 5.56 Å². The lowest BCUT2D eigenvalue weighted by Crippen LogP contribution is -2.39. The summed E-state index contributed by atoms with van der Waals surface area (Å²) in [5.41, 5.74) is 9.45. The molecule has 2 heterocycles. The quantitative estimate of drug-likeness (QED) is 0.927. The summed E-state index contributed by atoms with van der Waals surface area (Å²) < 4.78 is 7.55. The van der Waals surface area contributed by atoms with Gasteiger partial charge in [-0.15, -0.1) is 0 Å². The van der Waals surface area contributed by atoms with Gasteiger partial charge in [0.15, 0.2) is 0 Å². The van der Waals surface area contributed by atoms with Crippen molar-refractivity contribution >= 4 is 17.0 Å². The summed E-state index contributed by atoms with van der Waals surface area (Å²) in [7, 11) is 0. The second-order valence-electron chi connectivity index (χ2n) is 5.59. The molecule has 108 valence electrons. The molecule has 20 heavy (non-hydrogen) atoms. The van der Waals surface area contributed by atoms with Crippen LogP contribution >= 0.6 is 0 Å². The van der Waals surface area contributed by atoms with Gasteiger partial charge in [0, 0.05) is 25.7 Å². The summed E-state index contributed by atoms with van der Waals surface area (Å²) >= 11 is 0. The number of hydrogen-bond donors (Lipinski definition) is 1. The number of hydrogen-bond acceptors (Lipinski definition) is 4. The summed E-state index contributed by atoms with van der Waals surface area (Å²) in [6.45, 7) is 8.92. The minimum atomic E-state index is 0.305. The molecular weight excluding hydrogens is 252 g/mol. The van der Waals surface area contributed by atoms with Gasteiger partial charge in [-0.1, -0.05) is 6.07 Å². The van der Waals surface area contributed by atoms with Crippen LogP contribution in [0.1, 0.15) is 18.5 Å². The topological polar surface area (TPSA) is 56.3 Å². The largest absolute Gasteiger partial charge is 0.379 e. The van der Waals surface area contributed by atoms with Gasteiger partial charge in [0.2, 0.25) is 5.95 Å². The molecule has 1 aliphatic heterocycles. The Labute approximate surface area is 119 Å². The average Bonchev–Trinajstić information content (AvgIpc) is 2.75. The molecule has 1 saturated heterocycles. The first-order chi connectivity index (χ1) is 9.65. The van der Waals surface area contributed by atoms with Gasteiger partial charge in [0.05, 0.1) is 24.2 Å². The lowest BCUT2D eigenvalue weighted by Gasteiger charge is -2.30. The number of aromatic nitrogens is 2. The maximum atomic E-state index is 6.12. The van der Waals surface area contributed by atoms with Crippen LogP contribution in [-0.2, 0) is 4.74 Å². The van der Waals surface area contributed by atoms with Crippen LogP contribution in [0.15, 0.2) is 18.2 Å². The van der Waals surface area contributed by atoms with Crippen LogP contribution in [0, 0.1) is 6.92 Å². The number of aryl methyl sites for hydroxylation is 1. The third-order valence-corrected chi connectivity index (χ3v) is 3.94. The third-order valence-electron chi connectivity index (χ3n) is 3.94. The second kappa shape index (κ2) is 5.42. The number of morpholine rings is 1. The average molecular weight is 274 g/mol. The molecule has 0 radical (unpaired) electrons. The van der Waals surface area contributed by atoms with Gasteiger partial charge in [-0.3, -0.25) is 4.90 Å². The van der Waals surface area contributed by atoms with Crippen molar-refractivity contribution in [3.63, 3.8) is 0 Å². The Morgan fingerprint density at radius 2 is 2.10 bits per heavy atom. The normalized spacial score (nSPS) is 18.5. The molecular formula is C15H22N4O. The summed E-state index contributed by atoms with van der Waals surface area (Å²) in [6, 6.07) is 6.58. The Morgan fingerprint density at radius 3 is 2.85 bits per heavy atom. The SMILES string of the molecule is Cc1ccc2nc(N)n(C(C)CN3CCOCC3)c2c1. The fourth-order valence-electron chi connectivity index (χ4n) is 2.92. The van der Waals surface area contributed by atoms with Crippen molar-refractivity contribution in [3.8, 4) is 0 Å². The Balaban J connectivity index is 1.88. The van der Waals surface area contributed by atoms with Crippen LogP contribution < -0.4 is 5.73 Å². The van der Waals surface area contributed by atoms with E-state index in [1.807, 2.05) is 6.07 Å². The van der Waals surface area contributed by atoms with Crippen molar-refractivity contribution in [3.05, 3.63) is 23.8 Å². The maximum absolute atomic E-state index is 6.12. The van der Waals surface area contributed by atoms with Crippen LogP contribution in [-0.4, -0.2) is 47.3 Å². The van der Waals surface area contributed by atoms with Crippen molar-refractivity contribution in [1.29, 1.82) is 0 Å². The Kier molecular flexibility index (Phi) is 3.63. The van der Waals surface area contributed by atoms with Crippen molar-refractivity contribution in [2.24, 2.45) is 0 Å². The summed E-state index contributed by atoms with van der Waals surface area (Å²) in [5.74, 6) is 0.603. The van der Waals surface area contributed by atoms with E-state index in [2.05, 4.69) is 40.4 Å². The van der Waals surface area contributed by atoms with Gasteiger partial charge in [-0.2, -0.15) is 0 Å².